The van der Waals surface area contributed by atoms with Gasteiger partial charge in [0.15, 0.2) is 0 Å². The quantitative estimate of drug-likeness (QED) is 0.715. The number of piperidine rings is 1. The van der Waals surface area contributed by atoms with Crippen LogP contribution in [0.2, 0.25) is 0 Å². The van der Waals surface area contributed by atoms with Gasteiger partial charge in [0.2, 0.25) is 0 Å². The van der Waals surface area contributed by atoms with E-state index in [-0.39, 0.29) is 18.7 Å². The van der Waals surface area contributed by atoms with Crippen molar-refractivity contribution < 1.29 is 14.6 Å². The smallest absolute Gasteiger partial charge is 0.410 e. The molecule has 2 fully saturated rings. The van der Waals surface area contributed by atoms with Crippen LogP contribution in [0.15, 0.2) is 0 Å². The SMILES string of the molecule is CC(C)(C)OC(=O)N1[C@H](CO)CC2C[C@H]21. The second-order valence-electron chi connectivity index (χ2n) is 5.52. The fourth-order valence-corrected chi connectivity index (χ4v) is 2.32. The largest absolute Gasteiger partial charge is 0.444 e. The second-order valence-corrected chi connectivity index (χ2v) is 5.52. The average Bonchev–Trinajstić information content (AvgIpc) is 2.73. The van der Waals surface area contributed by atoms with Gasteiger partial charge in [-0.15, -0.1) is 0 Å². The summed E-state index contributed by atoms with van der Waals surface area (Å²) in [6, 6.07) is 0.306. The lowest BCUT2D eigenvalue weighted by Crippen LogP contribution is -2.43. The molecule has 0 aromatic carbocycles. The molecule has 0 radical (unpaired) electrons. The van der Waals surface area contributed by atoms with E-state index in [1.165, 1.54) is 0 Å². The van der Waals surface area contributed by atoms with Crippen LogP contribution < -0.4 is 0 Å². The number of amides is 1. The average molecular weight is 213 g/mol. The van der Waals surface area contributed by atoms with Gasteiger partial charge in [-0.2, -0.15) is 0 Å². The van der Waals surface area contributed by atoms with E-state index < -0.39 is 5.60 Å². The van der Waals surface area contributed by atoms with Crippen LogP contribution in [0.3, 0.4) is 0 Å². The van der Waals surface area contributed by atoms with E-state index in [1.807, 2.05) is 20.8 Å². The van der Waals surface area contributed by atoms with Crippen molar-refractivity contribution in [3.63, 3.8) is 0 Å². The van der Waals surface area contributed by atoms with Crippen LogP contribution in [-0.2, 0) is 4.74 Å². The van der Waals surface area contributed by atoms with Crippen molar-refractivity contribution in [1.82, 2.24) is 4.90 Å². The Bertz CT molecular complexity index is 271. The highest BCUT2D eigenvalue weighted by molar-refractivity contribution is 5.70. The van der Waals surface area contributed by atoms with Gasteiger partial charge in [0.25, 0.3) is 0 Å². The first kappa shape index (κ1) is 10.7. The molecule has 0 bridgehead atoms. The summed E-state index contributed by atoms with van der Waals surface area (Å²) < 4.78 is 5.33. The number of carbonyl (C=O) groups is 1. The van der Waals surface area contributed by atoms with Crippen molar-refractivity contribution in [1.29, 1.82) is 0 Å². The van der Waals surface area contributed by atoms with Crippen LogP contribution >= 0.6 is 0 Å². The van der Waals surface area contributed by atoms with Gasteiger partial charge < -0.3 is 9.84 Å². The number of hydrogen-bond donors (Lipinski definition) is 1. The number of ether oxygens (including phenoxy) is 1. The molecule has 1 aliphatic heterocycles. The fourth-order valence-electron chi connectivity index (χ4n) is 2.32. The first-order valence-electron chi connectivity index (χ1n) is 5.54. The molecular weight excluding hydrogens is 194 g/mol. The van der Waals surface area contributed by atoms with Gasteiger partial charge in [0.05, 0.1) is 12.6 Å². The van der Waals surface area contributed by atoms with E-state index in [2.05, 4.69) is 0 Å². The maximum Gasteiger partial charge on any atom is 0.410 e. The number of nitrogens with zero attached hydrogens (tertiary/aromatic N) is 1. The summed E-state index contributed by atoms with van der Waals surface area (Å²) in [4.78, 5) is 13.6. The summed E-state index contributed by atoms with van der Waals surface area (Å²) in [5.41, 5.74) is -0.454. The monoisotopic (exact) mass is 213 g/mol. The van der Waals surface area contributed by atoms with Crippen LogP contribution in [-0.4, -0.2) is 40.4 Å². The Kier molecular flexibility index (Phi) is 2.41. The van der Waals surface area contributed by atoms with Gasteiger partial charge in [0.1, 0.15) is 5.60 Å². The Morgan fingerprint density at radius 3 is 2.67 bits per heavy atom. The van der Waals surface area contributed by atoms with Crippen molar-refractivity contribution in [3.05, 3.63) is 0 Å². The van der Waals surface area contributed by atoms with Crippen molar-refractivity contribution in [2.24, 2.45) is 5.92 Å². The molecule has 0 spiro atoms. The van der Waals surface area contributed by atoms with Crippen LogP contribution in [0.4, 0.5) is 4.79 Å². The maximum atomic E-state index is 11.9. The molecule has 4 nitrogen and oxygen atoms in total. The summed E-state index contributed by atoms with van der Waals surface area (Å²) in [6.07, 6.45) is 1.74. The summed E-state index contributed by atoms with van der Waals surface area (Å²) >= 11 is 0. The van der Waals surface area contributed by atoms with E-state index in [9.17, 15) is 9.90 Å². The molecule has 1 heterocycles. The maximum absolute atomic E-state index is 11.9. The van der Waals surface area contributed by atoms with Gasteiger partial charge in [0, 0.05) is 6.04 Å². The number of aliphatic hydroxyl groups excluding tert-OH is 1. The molecule has 2 aliphatic rings. The molecule has 1 N–H and O–H groups in total. The zero-order valence-corrected chi connectivity index (χ0v) is 9.56. The number of aliphatic hydroxyl groups is 1. The lowest BCUT2D eigenvalue weighted by molar-refractivity contribution is 0.0126. The summed E-state index contributed by atoms with van der Waals surface area (Å²) in [5, 5.41) is 9.17. The van der Waals surface area contributed by atoms with Gasteiger partial charge in [-0.05, 0) is 39.5 Å². The third-order valence-electron chi connectivity index (χ3n) is 3.03. The van der Waals surface area contributed by atoms with Crippen molar-refractivity contribution in [3.8, 4) is 0 Å². The number of rotatable bonds is 1. The molecule has 0 aromatic rings. The van der Waals surface area contributed by atoms with E-state index in [0.717, 1.165) is 12.8 Å². The molecular formula is C11H19NO3. The molecule has 1 unspecified atom stereocenters. The van der Waals surface area contributed by atoms with Crippen molar-refractivity contribution in [2.45, 2.75) is 51.3 Å². The van der Waals surface area contributed by atoms with Crippen LogP contribution in [0.5, 0.6) is 0 Å². The number of carbonyl (C=O) groups excluding carboxylic acids is 1. The fraction of sp³-hybridized carbons (Fsp3) is 0.909. The molecule has 1 saturated carbocycles. The van der Waals surface area contributed by atoms with Gasteiger partial charge >= 0.3 is 6.09 Å². The lowest BCUT2D eigenvalue weighted by Gasteiger charge is -2.29. The van der Waals surface area contributed by atoms with Crippen molar-refractivity contribution in [2.75, 3.05) is 6.61 Å². The minimum Gasteiger partial charge on any atom is -0.444 e. The predicted octanol–water partition coefficient (Wildman–Crippen LogP) is 1.38. The molecule has 2 rings (SSSR count). The molecule has 1 saturated heterocycles. The van der Waals surface area contributed by atoms with Crippen LogP contribution in [0.1, 0.15) is 33.6 Å². The first-order chi connectivity index (χ1) is 6.92. The first-order valence-corrected chi connectivity index (χ1v) is 5.54. The Labute approximate surface area is 90.2 Å². The highest BCUT2D eigenvalue weighted by Crippen LogP contribution is 2.48. The zero-order chi connectivity index (χ0) is 11.2. The van der Waals surface area contributed by atoms with Gasteiger partial charge in [-0.1, -0.05) is 0 Å². The number of likely N-dealkylation sites (tertiary alicyclic amines) is 1. The van der Waals surface area contributed by atoms with E-state index >= 15 is 0 Å². The molecule has 3 atom stereocenters. The van der Waals surface area contributed by atoms with Crippen molar-refractivity contribution >= 4 is 6.09 Å². The number of fused-ring (bicyclic) bond motifs is 1. The Hall–Kier alpha value is -0.770. The molecule has 4 heteroatoms. The third-order valence-corrected chi connectivity index (χ3v) is 3.03. The van der Waals surface area contributed by atoms with Gasteiger partial charge in [-0.3, -0.25) is 4.90 Å². The van der Waals surface area contributed by atoms with Gasteiger partial charge in [-0.25, -0.2) is 4.79 Å². The highest BCUT2D eigenvalue weighted by atomic mass is 16.6. The minimum atomic E-state index is -0.454. The van der Waals surface area contributed by atoms with E-state index in [1.54, 1.807) is 4.90 Å². The topological polar surface area (TPSA) is 49.8 Å². The number of hydrogen-bond acceptors (Lipinski definition) is 3. The zero-order valence-electron chi connectivity index (χ0n) is 9.56. The Morgan fingerprint density at radius 1 is 1.47 bits per heavy atom. The predicted molar refractivity (Wildman–Crippen MR) is 55.5 cm³/mol. The Balaban J connectivity index is 1.99. The molecule has 15 heavy (non-hydrogen) atoms. The van der Waals surface area contributed by atoms with Crippen LogP contribution in [0.25, 0.3) is 0 Å². The highest BCUT2D eigenvalue weighted by Gasteiger charge is 2.54. The molecule has 86 valence electrons. The van der Waals surface area contributed by atoms with E-state index in [4.69, 9.17) is 4.74 Å². The molecule has 1 amide bonds. The summed E-state index contributed by atoms with van der Waals surface area (Å²) in [6.45, 7) is 5.63. The molecule has 1 aliphatic carbocycles. The van der Waals surface area contributed by atoms with E-state index in [0.29, 0.717) is 12.0 Å². The normalized spacial score (nSPS) is 33.9. The second kappa shape index (κ2) is 3.37. The lowest BCUT2D eigenvalue weighted by atomic mass is 10.2. The molecule has 0 aromatic heterocycles. The minimum absolute atomic E-state index is 0.0244. The Morgan fingerprint density at radius 2 is 2.13 bits per heavy atom. The third kappa shape index (κ3) is 2.09. The van der Waals surface area contributed by atoms with Crippen LogP contribution in [0, 0.1) is 5.92 Å². The summed E-state index contributed by atoms with van der Waals surface area (Å²) in [5.74, 6) is 0.606. The standard InChI is InChI=1S/C11H19NO3/c1-11(2,3)15-10(14)12-8(6-13)4-7-5-9(7)12/h7-9,13H,4-6H2,1-3H3/t7?,8-,9+/m0/s1. The summed E-state index contributed by atoms with van der Waals surface area (Å²) in [7, 11) is 0.